The number of rotatable bonds is 1. The molecule has 0 aliphatic heterocycles. The highest BCUT2D eigenvalue weighted by Crippen LogP contribution is 2.15. The lowest BCUT2D eigenvalue weighted by Crippen LogP contribution is -1.98. The number of hydrogen-bond donors (Lipinski definition) is 1. The third-order valence-corrected chi connectivity index (χ3v) is 2.15. The van der Waals surface area contributed by atoms with Gasteiger partial charge in [0, 0.05) is 5.39 Å². The Kier molecular flexibility index (Phi) is 1.51. The monoisotopic (exact) mass is 180 g/mol. The average molecular weight is 180 g/mol. The predicted octanol–water partition coefficient (Wildman–Crippen LogP) is 1.39. The molecule has 0 aromatic carbocycles. The van der Waals surface area contributed by atoms with Crippen molar-refractivity contribution in [2.24, 2.45) is 0 Å². The lowest BCUT2D eigenvalue weighted by atomic mass is 10.3. The van der Waals surface area contributed by atoms with Crippen LogP contribution in [0.4, 0.5) is 0 Å². The molecule has 2 rings (SSSR count). The molecule has 0 aliphatic carbocycles. The van der Waals surface area contributed by atoms with Crippen molar-refractivity contribution in [1.29, 1.82) is 0 Å². The van der Waals surface area contributed by atoms with E-state index in [2.05, 4.69) is 9.36 Å². The van der Waals surface area contributed by atoms with E-state index >= 15 is 0 Å². The molecule has 0 saturated carbocycles. The van der Waals surface area contributed by atoms with Gasteiger partial charge in [0.15, 0.2) is 0 Å². The third kappa shape index (κ3) is 1.04. The standard InChI is InChI=1S/C7H4N2O2S/c10-7(11)5-2-1-4-3-8-12-6(4)9-5/h1-3H,(H,10,11). The Morgan fingerprint density at radius 1 is 1.50 bits per heavy atom. The molecule has 2 heterocycles. The Hall–Kier alpha value is -1.49. The number of nitrogens with zero attached hydrogens (tertiary/aromatic N) is 2. The van der Waals surface area contributed by atoms with Gasteiger partial charge in [-0.25, -0.2) is 9.78 Å². The second-order valence-electron chi connectivity index (χ2n) is 2.22. The van der Waals surface area contributed by atoms with Crippen LogP contribution in [0.1, 0.15) is 10.5 Å². The van der Waals surface area contributed by atoms with Crippen LogP contribution < -0.4 is 0 Å². The maximum absolute atomic E-state index is 10.5. The normalized spacial score (nSPS) is 10.3. The van der Waals surface area contributed by atoms with Crippen LogP contribution in [0.3, 0.4) is 0 Å². The van der Waals surface area contributed by atoms with Gasteiger partial charge >= 0.3 is 5.97 Å². The second-order valence-corrected chi connectivity index (χ2v) is 3.00. The molecule has 5 heteroatoms. The van der Waals surface area contributed by atoms with Crippen molar-refractivity contribution >= 4 is 27.7 Å². The van der Waals surface area contributed by atoms with E-state index in [0.29, 0.717) is 4.83 Å². The molecule has 1 N–H and O–H groups in total. The van der Waals surface area contributed by atoms with Crippen LogP contribution in [-0.4, -0.2) is 20.4 Å². The number of aromatic nitrogens is 2. The molecule has 0 bridgehead atoms. The van der Waals surface area contributed by atoms with Gasteiger partial charge in [0.05, 0.1) is 6.20 Å². The summed E-state index contributed by atoms with van der Waals surface area (Å²) < 4.78 is 3.89. The summed E-state index contributed by atoms with van der Waals surface area (Å²) in [6.07, 6.45) is 1.67. The van der Waals surface area contributed by atoms with Gasteiger partial charge < -0.3 is 5.11 Å². The predicted molar refractivity (Wildman–Crippen MR) is 44.4 cm³/mol. The van der Waals surface area contributed by atoms with Crippen molar-refractivity contribution in [3.8, 4) is 0 Å². The van der Waals surface area contributed by atoms with E-state index in [9.17, 15) is 4.79 Å². The molecule has 0 atom stereocenters. The molecule has 0 spiro atoms. The highest BCUT2D eigenvalue weighted by atomic mass is 32.1. The number of aromatic carboxylic acids is 1. The summed E-state index contributed by atoms with van der Waals surface area (Å²) in [5.74, 6) is -1.01. The van der Waals surface area contributed by atoms with Crippen LogP contribution in [0, 0.1) is 0 Å². The molecule has 2 aromatic heterocycles. The van der Waals surface area contributed by atoms with Crippen molar-refractivity contribution < 1.29 is 9.90 Å². The highest BCUT2D eigenvalue weighted by Gasteiger charge is 2.05. The molecular formula is C7H4N2O2S. The van der Waals surface area contributed by atoms with Crippen molar-refractivity contribution in [2.45, 2.75) is 0 Å². The molecule has 0 aliphatic rings. The minimum absolute atomic E-state index is 0.0618. The highest BCUT2D eigenvalue weighted by molar-refractivity contribution is 7.12. The van der Waals surface area contributed by atoms with Crippen LogP contribution in [0.2, 0.25) is 0 Å². The van der Waals surface area contributed by atoms with E-state index in [0.717, 1.165) is 5.39 Å². The van der Waals surface area contributed by atoms with E-state index < -0.39 is 5.97 Å². The van der Waals surface area contributed by atoms with Crippen molar-refractivity contribution in [3.05, 3.63) is 24.0 Å². The quantitative estimate of drug-likeness (QED) is 0.720. The van der Waals surface area contributed by atoms with Crippen LogP contribution in [-0.2, 0) is 0 Å². The smallest absolute Gasteiger partial charge is 0.354 e. The number of carboxylic acid groups (broad SMARTS) is 1. The van der Waals surface area contributed by atoms with Gasteiger partial charge in [0.25, 0.3) is 0 Å². The second kappa shape index (κ2) is 2.53. The summed E-state index contributed by atoms with van der Waals surface area (Å²) in [5, 5.41) is 9.48. The van der Waals surface area contributed by atoms with Gasteiger partial charge in [-0.15, -0.1) is 0 Å². The first-order valence-corrected chi connectivity index (χ1v) is 3.99. The largest absolute Gasteiger partial charge is 0.477 e. The van der Waals surface area contributed by atoms with Crippen LogP contribution >= 0.6 is 11.5 Å². The fraction of sp³-hybridized carbons (Fsp3) is 0. The van der Waals surface area contributed by atoms with E-state index in [1.165, 1.54) is 17.6 Å². The topological polar surface area (TPSA) is 63.1 Å². The lowest BCUT2D eigenvalue weighted by molar-refractivity contribution is 0.0691. The summed E-state index contributed by atoms with van der Waals surface area (Å²) >= 11 is 1.19. The molecule has 60 valence electrons. The van der Waals surface area contributed by atoms with Gasteiger partial charge in [-0.05, 0) is 23.7 Å². The number of hydrogen-bond acceptors (Lipinski definition) is 4. The van der Waals surface area contributed by atoms with Gasteiger partial charge in [-0.2, -0.15) is 4.37 Å². The van der Waals surface area contributed by atoms with Crippen molar-refractivity contribution in [2.75, 3.05) is 0 Å². The van der Waals surface area contributed by atoms with Crippen molar-refractivity contribution in [1.82, 2.24) is 9.36 Å². The van der Waals surface area contributed by atoms with Crippen LogP contribution in [0.5, 0.6) is 0 Å². The summed E-state index contributed by atoms with van der Waals surface area (Å²) in [7, 11) is 0. The number of carbonyl (C=O) groups is 1. The van der Waals surface area contributed by atoms with Crippen LogP contribution in [0.25, 0.3) is 10.2 Å². The Morgan fingerprint density at radius 2 is 2.33 bits per heavy atom. The Bertz CT molecular complexity index is 438. The molecular weight excluding hydrogens is 176 g/mol. The SMILES string of the molecule is O=C(O)c1ccc2cnsc2n1. The minimum atomic E-state index is -1.01. The third-order valence-electron chi connectivity index (χ3n) is 1.44. The number of carboxylic acids is 1. The molecule has 0 unspecified atom stereocenters. The fourth-order valence-electron chi connectivity index (χ4n) is 0.875. The average Bonchev–Trinajstić information content (AvgIpc) is 2.49. The molecule has 4 nitrogen and oxygen atoms in total. The molecule has 0 fully saturated rings. The maximum Gasteiger partial charge on any atom is 0.354 e. The van der Waals surface area contributed by atoms with E-state index in [-0.39, 0.29) is 5.69 Å². The van der Waals surface area contributed by atoms with Crippen LogP contribution in [0.15, 0.2) is 18.3 Å². The van der Waals surface area contributed by atoms with Gasteiger partial charge in [0.1, 0.15) is 10.5 Å². The van der Waals surface area contributed by atoms with Gasteiger partial charge in [0.2, 0.25) is 0 Å². The summed E-state index contributed by atoms with van der Waals surface area (Å²) in [4.78, 5) is 15.0. The molecule has 0 amide bonds. The molecule has 0 radical (unpaired) electrons. The summed E-state index contributed by atoms with van der Waals surface area (Å²) in [5.41, 5.74) is 0.0618. The molecule has 2 aromatic rings. The fourth-order valence-corrected chi connectivity index (χ4v) is 1.51. The van der Waals surface area contributed by atoms with Gasteiger partial charge in [-0.3, -0.25) is 0 Å². The molecule has 12 heavy (non-hydrogen) atoms. The summed E-state index contributed by atoms with van der Waals surface area (Å²) in [6.45, 7) is 0. The van der Waals surface area contributed by atoms with Gasteiger partial charge in [-0.1, -0.05) is 0 Å². The van der Waals surface area contributed by atoms with E-state index in [1.807, 2.05) is 0 Å². The Balaban J connectivity index is 2.68. The minimum Gasteiger partial charge on any atom is -0.477 e. The van der Waals surface area contributed by atoms with Crippen molar-refractivity contribution in [3.63, 3.8) is 0 Å². The number of fused-ring (bicyclic) bond motifs is 1. The first-order chi connectivity index (χ1) is 5.77. The zero-order chi connectivity index (χ0) is 8.55. The zero-order valence-electron chi connectivity index (χ0n) is 5.89. The first-order valence-electron chi connectivity index (χ1n) is 3.22. The zero-order valence-corrected chi connectivity index (χ0v) is 6.71. The maximum atomic E-state index is 10.5. The number of pyridine rings is 1. The van der Waals surface area contributed by atoms with E-state index in [4.69, 9.17) is 5.11 Å². The van der Waals surface area contributed by atoms with E-state index in [1.54, 1.807) is 12.3 Å². The molecule has 0 saturated heterocycles. The summed E-state index contributed by atoms with van der Waals surface area (Å²) in [6, 6.07) is 3.17. The Morgan fingerprint density at radius 3 is 3.08 bits per heavy atom. The Labute approximate surface area is 71.7 Å². The lowest BCUT2D eigenvalue weighted by Gasteiger charge is -1.91. The first kappa shape index (κ1) is 7.17.